The van der Waals surface area contributed by atoms with Gasteiger partial charge in [0.05, 0.1) is 15.7 Å². The number of hydrogen-bond donors (Lipinski definition) is 3. The van der Waals surface area contributed by atoms with E-state index in [2.05, 4.69) is 21.2 Å². The number of phenols is 2. The quantitative estimate of drug-likeness (QED) is 0.544. The average Bonchev–Trinajstić information content (AvgIpc) is 2.40. The number of aromatic hydroxyl groups is 2. The summed E-state index contributed by atoms with van der Waals surface area (Å²) in [7, 11) is 0. The molecule has 2 aromatic carbocycles. The van der Waals surface area contributed by atoms with Crippen LogP contribution >= 0.6 is 39.1 Å². The van der Waals surface area contributed by atoms with Crippen molar-refractivity contribution in [2.24, 2.45) is 0 Å². The highest BCUT2D eigenvalue weighted by Crippen LogP contribution is 2.36. The zero-order valence-electron chi connectivity index (χ0n) is 9.62. The summed E-state index contributed by atoms with van der Waals surface area (Å²) in [6.45, 7) is 0.317. The third-order valence-corrected chi connectivity index (χ3v) is 4.37. The molecule has 19 heavy (non-hydrogen) atoms. The lowest BCUT2D eigenvalue weighted by atomic mass is 10.2. The fourth-order valence-electron chi connectivity index (χ4n) is 1.57. The predicted octanol–water partition coefficient (Wildman–Crippen LogP) is 4.78. The summed E-state index contributed by atoms with van der Waals surface area (Å²) < 4.78 is 0.713. The van der Waals surface area contributed by atoms with E-state index in [1.54, 1.807) is 24.3 Å². The molecule has 0 atom stereocenters. The van der Waals surface area contributed by atoms with Crippen molar-refractivity contribution in [1.29, 1.82) is 0 Å². The molecule has 0 aliphatic heterocycles. The Morgan fingerprint density at radius 2 is 1.79 bits per heavy atom. The van der Waals surface area contributed by atoms with Gasteiger partial charge < -0.3 is 15.5 Å². The molecule has 0 unspecified atom stereocenters. The topological polar surface area (TPSA) is 52.5 Å². The van der Waals surface area contributed by atoms with Crippen molar-refractivity contribution >= 4 is 44.8 Å². The first-order valence-electron chi connectivity index (χ1n) is 5.38. The lowest BCUT2D eigenvalue weighted by Crippen LogP contribution is -2.00. The average molecular weight is 363 g/mol. The number of phenolic OH excluding ortho intramolecular Hbond substituents is 2. The number of anilines is 1. The molecule has 6 heteroatoms. The monoisotopic (exact) mass is 361 g/mol. The second-order valence-corrected chi connectivity index (χ2v) is 5.47. The van der Waals surface area contributed by atoms with Crippen LogP contribution in [0.2, 0.25) is 10.0 Å². The minimum absolute atomic E-state index is 0.144. The van der Waals surface area contributed by atoms with Gasteiger partial charge in [-0.25, -0.2) is 0 Å². The van der Waals surface area contributed by atoms with E-state index in [1.807, 2.05) is 0 Å². The van der Waals surface area contributed by atoms with Crippen molar-refractivity contribution in [3.8, 4) is 11.5 Å². The van der Waals surface area contributed by atoms with Gasteiger partial charge in [-0.3, -0.25) is 0 Å². The van der Waals surface area contributed by atoms with Gasteiger partial charge in [0.2, 0.25) is 0 Å². The van der Waals surface area contributed by atoms with Crippen molar-refractivity contribution in [2.75, 3.05) is 5.32 Å². The van der Waals surface area contributed by atoms with Crippen molar-refractivity contribution in [3.05, 3.63) is 50.4 Å². The van der Waals surface area contributed by atoms with Gasteiger partial charge in [0.25, 0.3) is 0 Å². The van der Waals surface area contributed by atoms with Crippen LogP contribution in [0.4, 0.5) is 5.69 Å². The van der Waals surface area contributed by atoms with Crippen LogP contribution < -0.4 is 5.32 Å². The Labute approximate surface area is 128 Å². The Morgan fingerprint density at radius 1 is 1.05 bits per heavy atom. The number of para-hydroxylation sites is 1. The standard InChI is InChI=1S/C13H10BrCl2NO2/c14-8-4-5-9(12(16)11(8)15)17-6-7-2-1-3-10(18)13(7)19/h1-5,17-19H,6H2. The first kappa shape index (κ1) is 14.3. The summed E-state index contributed by atoms with van der Waals surface area (Å²) in [5, 5.41) is 23.0. The zero-order valence-corrected chi connectivity index (χ0v) is 12.7. The van der Waals surface area contributed by atoms with Crippen LogP contribution in [-0.2, 0) is 6.54 Å². The highest BCUT2D eigenvalue weighted by atomic mass is 79.9. The van der Waals surface area contributed by atoms with Crippen LogP contribution in [0, 0.1) is 0 Å². The van der Waals surface area contributed by atoms with E-state index in [0.29, 0.717) is 32.3 Å². The van der Waals surface area contributed by atoms with E-state index < -0.39 is 0 Å². The van der Waals surface area contributed by atoms with E-state index in [9.17, 15) is 10.2 Å². The van der Waals surface area contributed by atoms with Crippen LogP contribution in [0.25, 0.3) is 0 Å². The lowest BCUT2D eigenvalue weighted by molar-refractivity contribution is 0.400. The highest BCUT2D eigenvalue weighted by molar-refractivity contribution is 9.10. The van der Waals surface area contributed by atoms with Crippen molar-refractivity contribution in [3.63, 3.8) is 0 Å². The van der Waals surface area contributed by atoms with E-state index >= 15 is 0 Å². The van der Waals surface area contributed by atoms with Gasteiger partial charge >= 0.3 is 0 Å². The molecule has 0 aliphatic carbocycles. The molecule has 0 radical (unpaired) electrons. The fourth-order valence-corrected chi connectivity index (χ4v) is 2.41. The van der Waals surface area contributed by atoms with Crippen molar-refractivity contribution < 1.29 is 10.2 Å². The largest absolute Gasteiger partial charge is 0.504 e. The van der Waals surface area contributed by atoms with Crippen LogP contribution in [0.5, 0.6) is 11.5 Å². The summed E-state index contributed by atoms with van der Waals surface area (Å²) in [6, 6.07) is 8.33. The molecular weight excluding hydrogens is 353 g/mol. The van der Waals surface area contributed by atoms with Gasteiger partial charge in [-0.1, -0.05) is 35.3 Å². The maximum Gasteiger partial charge on any atom is 0.162 e. The molecule has 100 valence electrons. The molecule has 0 heterocycles. The predicted molar refractivity (Wildman–Crippen MR) is 81.3 cm³/mol. The van der Waals surface area contributed by atoms with Gasteiger partial charge in [0.15, 0.2) is 11.5 Å². The molecule has 0 bridgehead atoms. The number of benzene rings is 2. The smallest absolute Gasteiger partial charge is 0.162 e. The number of rotatable bonds is 3. The molecule has 3 nitrogen and oxygen atoms in total. The summed E-state index contributed by atoms with van der Waals surface area (Å²) in [6.07, 6.45) is 0. The first-order valence-corrected chi connectivity index (χ1v) is 6.92. The highest BCUT2D eigenvalue weighted by Gasteiger charge is 2.10. The molecule has 0 fully saturated rings. The molecule has 3 N–H and O–H groups in total. The Balaban J connectivity index is 2.20. The summed E-state index contributed by atoms with van der Waals surface area (Å²) in [5.74, 6) is -0.298. The third kappa shape index (κ3) is 3.08. The maximum atomic E-state index is 9.69. The summed E-state index contributed by atoms with van der Waals surface area (Å²) in [4.78, 5) is 0. The zero-order chi connectivity index (χ0) is 14.0. The van der Waals surface area contributed by atoms with Gasteiger partial charge in [0.1, 0.15) is 0 Å². The van der Waals surface area contributed by atoms with E-state index in [0.717, 1.165) is 0 Å². The Kier molecular flexibility index (Phi) is 4.45. The Morgan fingerprint density at radius 3 is 2.53 bits per heavy atom. The third-order valence-electron chi connectivity index (χ3n) is 2.60. The van der Waals surface area contributed by atoms with Crippen molar-refractivity contribution in [2.45, 2.75) is 6.54 Å². The fraction of sp³-hybridized carbons (Fsp3) is 0.0769. The lowest BCUT2D eigenvalue weighted by Gasteiger charge is -2.11. The minimum atomic E-state index is -0.153. The van der Waals surface area contributed by atoms with E-state index in [4.69, 9.17) is 23.2 Å². The number of halogens is 3. The van der Waals surface area contributed by atoms with Gasteiger partial charge in [-0.15, -0.1) is 0 Å². The normalized spacial score (nSPS) is 10.5. The molecule has 0 aromatic heterocycles. The van der Waals surface area contributed by atoms with Crippen molar-refractivity contribution in [1.82, 2.24) is 0 Å². The molecule has 0 saturated carbocycles. The molecule has 0 saturated heterocycles. The second-order valence-electron chi connectivity index (χ2n) is 3.86. The number of hydrogen-bond acceptors (Lipinski definition) is 3. The van der Waals surface area contributed by atoms with Crippen LogP contribution in [0.15, 0.2) is 34.8 Å². The summed E-state index contributed by atoms with van der Waals surface area (Å²) >= 11 is 15.4. The van der Waals surface area contributed by atoms with Crippen LogP contribution in [0.1, 0.15) is 5.56 Å². The van der Waals surface area contributed by atoms with Gasteiger partial charge in [-0.2, -0.15) is 0 Å². The molecule has 2 aromatic rings. The van der Waals surface area contributed by atoms with Crippen LogP contribution in [0.3, 0.4) is 0 Å². The molecule has 0 aliphatic rings. The minimum Gasteiger partial charge on any atom is -0.504 e. The maximum absolute atomic E-state index is 9.69. The molecular formula is C13H10BrCl2NO2. The first-order chi connectivity index (χ1) is 9.00. The molecule has 2 rings (SSSR count). The summed E-state index contributed by atoms with van der Waals surface area (Å²) in [5.41, 5.74) is 1.22. The SMILES string of the molecule is Oc1cccc(CNc2ccc(Br)c(Cl)c2Cl)c1O. The van der Waals surface area contributed by atoms with E-state index in [1.165, 1.54) is 6.07 Å². The molecule has 0 amide bonds. The van der Waals surface area contributed by atoms with Gasteiger partial charge in [-0.05, 0) is 34.1 Å². The Bertz CT molecular complexity index is 620. The van der Waals surface area contributed by atoms with E-state index in [-0.39, 0.29) is 11.5 Å². The molecule has 0 spiro atoms. The van der Waals surface area contributed by atoms with Gasteiger partial charge in [0, 0.05) is 16.6 Å². The second kappa shape index (κ2) is 5.90. The van der Waals surface area contributed by atoms with Crippen LogP contribution in [-0.4, -0.2) is 10.2 Å². The number of nitrogens with one attached hydrogen (secondary N) is 1. The Hall–Kier alpha value is -1.10.